The van der Waals surface area contributed by atoms with Crippen LogP contribution < -0.4 is 5.32 Å². The number of ether oxygens (including phenoxy) is 1. The van der Waals surface area contributed by atoms with Gasteiger partial charge in [0.2, 0.25) is 0 Å². The maximum atomic E-state index is 13.2. The summed E-state index contributed by atoms with van der Waals surface area (Å²) in [4.78, 5) is 26.4. The van der Waals surface area contributed by atoms with E-state index in [2.05, 4.69) is 24.5 Å². The maximum absolute atomic E-state index is 13.2. The second-order valence-corrected chi connectivity index (χ2v) is 9.93. The first-order valence-corrected chi connectivity index (χ1v) is 11.3. The van der Waals surface area contributed by atoms with Gasteiger partial charge in [0.05, 0.1) is 5.57 Å². The lowest BCUT2D eigenvalue weighted by Crippen LogP contribution is -2.39. The minimum absolute atomic E-state index is 0.000965. The number of nitrogens with one attached hydrogen (secondary N) is 1. The van der Waals surface area contributed by atoms with Crippen molar-refractivity contribution >= 4 is 23.1 Å². The Hall–Kier alpha value is -1.88. The summed E-state index contributed by atoms with van der Waals surface area (Å²) in [7, 11) is 0. The van der Waals surface area contributed by atoms with E-state index in [0.29, 0.717) is 12.0 Å². The molecule has 1 aliphatic heterocycles. The number of hydrogen-bond acceptors (Lipinski definition) is 5. The smallest absolute Gasteiger partial charge is 0.337 e. The molecule has 1 aromatic heterocycles. The number of carbonyl (C=O) groups excluding carboxylic acids is 2. The van der Waals surface area contributed by atoms with E-state index in [1.807, 2.05) is 18.4 Å². The number of rotatable bonds is 3. The summed E-state index contributed by atoms with van der Waals surface area (Å²) in [6, 6.07) is 2.03. The van der Waals surface area contributed by atoms with Crippen molar-refractivity contribution in [2.75, 3.05) is 0 Å². The molecule has 0 radical (unpaired) electrons. The topological polar surface area (TPSA) is 55.4 Å². The van der Waals surface area contributed by atoms with Gasteiger partial charge >= 0.3 is 5.97 Å². The van der Waals surface area contributed by atoms with Gasteiger partial charge in [0.15, 0.2) is 5.78 Å². The SMILES string of the molecule is CC1=C(C(=O)OC2CCCCC2)[C@H](c2ccsc2)C2=C(CC(C)(C)CC2=O)N1. The van der Waals surface area contributed by atoms with E-state index in [0.717, 1.165) is 54.6 Å². The summed E-state index contributed by atoms with van der Waals surface area (Å²) in [6.45, 7) is 6.19. The van der Waals surface area contributed by atoms with E-state index in [-0.39, 0.29) is 29.2 Å². The molecule has 5 heteroatoms. The van der Waals surface area contributed by atoms with Crippen LogP contribution in [0.4, 0.5) is 0 Å². The van der Waals surface area contributed by atoms with Crippen LogP contribution in [-0.2, 0) is 14.3 Å². The predicted molar refractivity (Wildman–Crippen MR) is 111 cm³/mol. The molecule has 0 saturated heterocycles. The number of Topliss-reactive ketones (excluding diaryl/α,β-unsaturated/α-hetero) is 1. The van der Waals surface area contributed by atoms with Gasteiger partial charge < -0.3 is 10.1 Å². The fraction of sp³-hybridized carbons (Fsp3) is 0.565. The molecule has 2 heterocycles. The number of hydrogen-bond donors (Lipinski definition) is 1. The van der Waals surface area contributed by atoms with Crippen molar-refractivity contribution in [3.05, 3.63) is 44.9 Å². The average molecular weight is 400 g/mol. The van der Waals surface area contributed by atoms with Crippen LogP contribution in [0.25, 0.3) is 0 Å². The molecule has 1 N–H and O–H groups in total. The van der Waals surface area contributed by atoms with Gasteiger partial charge in [-0.15, -0.1) is 0 Å². The molecule has 0 bridgehead atoms. The standard InChI is InChI=1S/C23H29NO3S/c1-14-19(22(26)27-16-7-5-4-6-8-16)20(15-9-10-28-13-15)21-17(24-14)11-23(2,3)12-18(21)25/h9-10,13,16,20,24H,4-8,11-12H2,1-3H3/t20-/m0/s1. The Labute approximate surface area is 171 Å². The molecule has 1 aromatic rings. The molecule has 28 heavy (non-hydrogen) atoms. The first-order chi connectivity index (χ1) is 13.4. The lowest BCUT2D eigenvalue weighted by molar-refractivity contribution is -0.146. The van der Waals surface area contributed by atoms with Crippen molar-refractivity contribution in [2.24, 2.45) is 5.41 Å². The lowest BCUT2D eigenvalue weighted by atomic mass is 9.69. The second-order valence-electron chi connectivity index (χ2n) is 9.15. The van der Waals surface area contributed by atoms with E-state index in [1.165, 1.54) is 6.42 Å². The van der Waals surface area contributed by atoms with Gasteiger partial charge in [-0.25, -0.2) is 4.79 Å². The lowest BCUT2D eigenvalue weighted by Gasteiger charge is -2.39. The number of allylic oxidation sites excluding steroid dienone is 3. The number of ketones is 1. The van der Waals surface area contributed by atoms with Gasteiger partial charge in [0.1, 0.15) is 6.10 Å². The highest BCUT2D eigenvalue weighted by Gasteiger charge is 2.43. The Morgan fingerprint density at radius 2 is 1.96 bits per heavy atom. The molecule has 0 aromatic carbocycles. The molecule has 4 nitrogen and oxygen atoms in total. The zero-order chi connectivity index (χ0) is 19.9. The predicted octanol–water partition coefficient (Wildman–Crippen LogP) is 5.23. The Kier molecular flexibility index (Phi) is 5.21. The quantitative estimate of drug-likeness (QED) is 0.707. The highest BCUT2D eigenvalue weighted by Crippen LogP contribution is 2.47. The van der Waals surface area contributed by atoms with Crippen molar-refractivity contribution in [3.8, 4) is 0 Å². The summed E-state index contributed by atoms with van der Waals surface area (Å²) in [6.07, 6.45) is 6.66. The summed E-state index contributed by atoms with van der Waals surface area (Å²) in [5.41, 5.74) is 4.12. The third kappa shape index (κ3) is 3.69. The summed E-state index contributed by atoms with van der Waals surface area (Å²) < 4.78 is 5.92. The van der Waals surface area contributed by atoms with Crippen molar-refractivity contribution in [1.82, 2.24) is 5.32 Å². The molecule has 3 aliphatic rings. The zero-order valence-corrected chi connectivity index (χ0v) is 17.8. The van der Waals surface area contributed by atoms with Gasteiger partial charge in [-0.2, -0.15) is 11.3 Å². The first kappa shape index (κ1) is 19.4. The number of carbonyl (C=O) groups is 2. The zero-order valence-electron chi connectivity index (χ0n) is 17.0. The minimum Gasteiger partial charge on any atom is -0.459 e. The van der Waals surface area contributed by atoms with E-state index in [9.17, 15) is 9.59 Å². The fourth-order valence-corrected chi connectivity index (χ4v) is 5.56. The van der Waals surface area contributed by atoms with Crippen LogP contribution in [-0.4, -0.2) is 17.9 Å². The number of esters is 1. The second kappa shape index (κ2) is 7.51. The molecular weight excluding hydrogens is 370 g/mol. The van der Waals surface area contributed by atoms with Crippen LogP contribution in [0.2, 0.25) is 0 Å². The Bertz CT molecular complexity index is 841. The number of dihydropyridines is 1. The Morgan fingerprint density at radius 1 is 1.21 bits per heavy atom. The van der Waals surface area contributed by atoms with Crippen molar-refractivity contribution in [3.63, 3.8) is 0 Å². The van der Waals surface area contributed by atoms with Gasteiger partial charge in [0.25, 0.3) is 0 Å². The van der Waals surface area contributed by atoms with E-state index in [1.54, 1.807) is 11.3 Å². The van der Waals surface area contributed by atoms with Gasteiger partial charge in [-0.05, 0) is 66.8 Å². The van der Waals surface area contributed by atoms with Crippen molar-refractivity contribution in [1.29, 1.82) is 0 Å². The third-order valence-corrected chi connectivity index (χ3v) is 6.86. The molecule has 2 aliphatic carbocycles. The van der Waals surface area contributed by atoms with Crippen LogP contribution in [0.3, 0.4) is 0 Å². The third-order valence-electron chi connectivity index (χ3n) is 6.16. The first-order valence-electron chi connectivity index (χ1n) is 10.3. The highest BCUT2D eigenvalue weighted by molar-refractivity contribution is 7.08. The molecule has 0 unspecified atom stereocenters. The molecule has 1 atom stereocenters. The molecule has 0 amide bonds. The molecule has 4 rings (SSSR count). The van der Waals surface area contributed by atoms with E-state index >= 15 is 0 Å². The largest absolute Gasteiger partial charge is 0.459 e. The van der Waals surface area contributed by atoms with Gasteiger partial charge in [0, 0.05) is 29.3 Å². The molecule has 1 fully saturated rings. The highest BCUT2D eigenvalue weighted by atomic mass is 32.1. The van der Waals surface area contributed by atoms with E-state index in [4.69, 9.17) is 4.74 Å². The number of thiophene rings is 1. The van der Waals surface area contributed by atoms with Gasteiger partial charge in [-0.1, -0.05) is 20.3 Å². The Balaban J connectivity index is 1.71. The average Bonchev–Trinajstić information content (AvgIpc) is 3.14. The van der Waals surface area contributed by atoms with Crippen LogP contribution in [0, 0.1) is 5.41 Å². The molecular formula is C23H29NO3S. The molecule has 150 valence electrons. The summed E-state index contributed by atoms with van der Waals surface area (Å²) >= 11 is 1.60. The van der Waals surface area contributed by atoms with Crippen LogP contribution in [0.15, 0.2) is 39.4 Å². The van der Waals surface area contributed by atoms with Crippen LogP contribution >= 0.6 is 11.3 Å². The van der Waals surface area contributed by atoms with Crippen molar-refractivity contribution in [2.45, 2.75) is 77.7 Å². The Morgan fingerprint density at radius 3 is 2.64 bits per heavy atom. The normalized spacial score (nSPS) is 25.4. The van der Waals surface area contributed by atoms with Crippen LogP contribution in [0.1, 0.15) is 77.2 Å². The minimum atomic E-state index is -0.317. The van der Waals surface area contributed by atoms with E-state index < -0.39 is 0 Å². The maximum Gasteiger partial charge on any atom is 0.337 e. The summed E-state index contributed by atoms with van der Waals surface area (Å²) in [5.74, 6) is -0.440. The van der Waals surface area contributed by atoms with Crippen molar-refractivity contribution < 1.29 is 14.3 Å². The fourth-order valence-electron chi connectivity index (χ4n) is 4.88. The van der Waals surface area contributed by atoms with Crippen LogP contribution in [0.5, 0.6) is 0 Å². The monoisotopic (exact) mass is 399 g/mol. The summed E-state index contributed by atoms with van der Waals surface area (Å²) in [5, 5.41) is 7.46. The molecule has 0 spiro atoms. The molecule has 1 saturated carbocycles. The van der Waals surface area contributed by atoms with Gasteiger partial charge in [-0.3, -0.25) is 4.79 Å².